The Bertz CT molecular complexity index is 3290. The van der Waals surface area contributed by atoms with Gasteiger partial charge in [0.2, 0.25) is 29.7 Å². The number of Topliss-reactive ketones (excluding diaryl/α,β-unsaturated/α-hetero) is 2. The maximum Gasteiger partial charge on any atom is 0.509 e. The fraction of sp³-hybridized carbons (Fsp3) is 0.523. The van der Waals surface area contributed by atoms with Crippen LogP contribution in [0.3, 0.4) is 0 Å². The van der Waals surface area contributed by atoms with Crippen LogP contribution in [-0.2, 0) is 78.1 Å². The van der Waals surface area contributed by atoms with Crippen molar-refractivity contribution in [2.45, 2.75) is 181 Å². The Balaban J connectivity index is 1.20. The third kappa shape index (κ3) is 14.7. The number of hydrogen-bond donors (Lipinski definition) is 7. The Morgan fingerprint density at radius 2 is 1.43 bits per heavy atom. The van der Waals surface area contributed by atoms with Crippen molar-refractivity contribution in [3.63, 3.8) is 0 Å². The van der Waals surface area contributed by atoms with E-state index in [0.29, 0.717) is 5.56 Å². The van der Waals surface area contributed by atoms with Crippen LogP contribution in [0.1, 0.15) is 136 Å². The summed E-state index contributed by atoms with van der Waals surface area (Å²) in [5, 5.41) is 36.7. The molecule has 1 heterocycles. The van der Waals surface area contributed by atoms with E-state index < -0.39 is 173 Å². The molecule has 25 nitrogen and oxygen atoms in total. The van der Waals surface area contributed by atoms with E-state index in [1.165, 1.54) is 83.1 Å². The maximum absolute atomic E-state index is 15.5. The van der Waals surface area contributed by atoms with E-state index in [4.69, 9.17) is 38.9 Å². The van der Waals surface area contributed by atoms with E-state index >= 15 is 9.59 Å². The highest BCUT2D eigenvalue weighted by Crippen LogP contribution is 2.65. The fourth-order valence-corrected chi connectivity index (χ4v) is 12.8. The van der Waals surface area contributed by atoms with E-state index in [9.17, 15) is 53.4 Å². The number of carbonyl (C=O) groups excluding carboxylic acids is 11. The molecule has 90 heavy (non-hydrogen) atoms. The summed E-state index contributed by atoms with van der Waals surface area (Å²) >= 11 is 0. The molecule has 25 heteroatoms. The lowest BCUT2D eigenvalue weighted by Gasteiger charge is -2.68. The summed E-state index contributed by atoms with van der Waals surface area (Å²) in [4.78, 5) is 149. The van der Waals surface area contributed by atoms with Gasteiger partial charge in [-0.15, -0.1) is 0 Å². The molecule has 1 aliphatic heterocycles. The van der Waals surface area contributed by atoms with Crippen molar-refractivity contribution in [1.82, 2.24) is 16.0 Å². The number of benzene rings is 3. The number of esters is 3. The van der Waals surface area contributed by atoms with Gasteiger partial charge in [0.15, 0.2) is 11.4 Å². The number of amides is 5. The first kappa shape index (κ1) is 68.9. The molecule has 7 rings (SSSR count). The molecule has 3 aliphatic carbocycles. The number of nitrogens with one attached hydrogen (secondary N) is 4. The first-order valence-corrected chi connectivity index (χ1v) is 29.6. The number of aliphatic hydroxyl groups excluding tert-OH is 1. The molecule has 8 N–H and O–H groups in total. The number of ether oxygens (including phenoxy) is 7. The zero-order chi connectivity index (χ0) is 66.6. The summed E-state index contributed by atoms with van der Waals surface area (Å²) in [6.45, 7) is 17.3. The lowest BCUT2D eigenvalue weighted by atomic mass is 9.43. The summed E-state index contributed by atoms with van der Waals surface area (Å²) in [5.74, 6) is -9.99. The van der Waals surface area contributed by atoms with E-state index in [2.05, 4.69) is 21.3 Å². The summed E-state index contributed by atoms with van der Waals surface area (Å²) < 4.78 is 42.1. The maximum atomic E-state index is 15.5. The number of ketones is 2. The second kappa shape index (κ2) is 27.3. The van der Waals surface area contributed by atoms with Gasteiger partial charge in [0.05, 0.1) is 24.5 Å². The lowest BCUT2D eigenvalue weighted by molar-refractivity contribution is -0.340. The molecule has 0 spiro atoms. The molecule has 14 atom stereocenters. The van der Waals surface area contributed by atoms with Gasteiger partial charge in [0, 0.05) is 42.2 Å². The zero-order valence-electron chi connectivity index (χ0n) is 52.5. The topological polar surface area (TPSA) is 367 Å². The van der Waals surface area contributed by atoms with Crippen LogP contribution >= 0.6 is 0 Å². The van der Waals surface area contributed by atoms with Crippen molar-refractivity contribution in [2.75, 3.05) is 11.9 Å². The van der Waals surface area contributed by atoms with E-state index in [-0.39, 0.29) is 53.2 Å². The van der Waals surface area contributed by atoms with Gasteiger partial charge < -0.3 is 75.2 Å². The molecule has 486 valence electrons. The molecule has 2 bridgehead atoms. The minimum absolute atomic E-state index is 0.0587. The summed E-state index contributed by atoms with van der Waals surface area (Å²) in [7, 11) is 0. The number of aliphatic hydroxyl groups is 2. The molecule has 0 aromatic heterocycles. The molecule has 5 amide bonds. The Morgan fingerprint density at radius 1 is 0.811 bits per heavy atom. The first-order valence-electron chi connectivity index (χ1n) is 29.6. The van der Waals surface area contributed by atoms with Crippen molar-refractivity contribution in [1.29, 1.82) is 0 Å². The van der Waals surface area contributed by atoms with Gasteiger partial charge in [0.1, 0.15) is 66.1 Å². The smallest absolute Gasteiger partial charge is 0.455 e. The van der Waals surface area contributed by atoms with Gasteiger partial charge in [-0.2, -0.15) is 0 Å². The van der Waals surface area contributed by atoms with Crippen LogP contribution in [0.2, 0.25) is 0 Å². The second-order valence-corrected chi connectivity index (χ2v) is 25.5. The number of rotatable bonds is 21. The second-order valence-electron chi connectivity index (χ2n) is 25.5. The van der Waals surface area contributed by atoms with Gasteiger partial charge >= 0.3 is 30.2 Å². The molecule has 4 aliphatic rings. The predicted octanol–water partition coefficient (Wildman–Crippen LogP) is 5.31. The predicted molar refractivity (Wildman–Crippen MR) is 319 cm³/mol. The van der Waals surface area contributed by atoms with Crippen LogP contribution in [0.4, 0.5) is 15.3 Å². The van der Waals surface area contributed by atoms with Crippen LogP contribution in [0, 0.1) is 28.6 Å². The van der Waals surface area contributed by atoms with Gasteiger partial charge in [0.25, 0.3) is 0 Å². The average Bonchev–Trinajstić information content (AvgIpc) is 0.675. The highest BCUT2D eigenvalue weighted by Gasteiger charge is 2.77. The van der Waals surface area contributed by atoms with E-state index in [1.807, 2.05) is 0 Å². The standard InChI is InChI=1S/C65H81N5O20/c1-33(27-35(3)71)54(76)67-37(5)55(77)69-43(29-46(66)73)56(78)68-42-25-23-39(24-26-42)31-84-60(82)87-50(48(40-19-15-13-16-20-40)70-59(81)90-61(7,8)9)58(80)86-44-30-65(83)53(88-57(79)41-21-17-14-18-22-41)51-63(12,52(75)49(74)47(36(44)4)62(65,10)11)34(2)28-45-64(51,32-85-45)89-38(6)72/h13-26,33-34,37,43-45,48-51,53,74,83H,27-32H2,1-12H3,(H2,66,73)(H,67,76)(H,68,78)(H,69,77)(H,70,81)/t33-,34-,37+,43+,44-,45?,48-,49+,50+,51-,53?,63+,64-,65+/m0/s1. The van der Waals surface area contributed by atoms with Crippen molar-refractivity contribution < 1.29 is 96.1 Å². The highest BCUT2D eigenvalue weighted by atomic mass is 16.7. The van der Waals surface area contributed by atoms with Gasteiger partial charge in [-0.1, -0.05) is 95.3 Å². The Labute approximate surface area is 521 Å². The molecule has 3 aromatic carbocycles. The molecular formula is C65H81N5O20. The Hall–Kier alpha value is -8.55. The monoisotopic (exact) mass is 1250 g/mol. The summed E-state index contributed by atoms with van der Waals surface area (Å²) in [6.07, 6.45) is -12.0. The van der Waals surface area contributed by atoms with E-state index in [1.54, 1.807) is 84.9 Å². The molecule has 3 aromatic rings. The third-order valence-electron chi connectivity index (χ3n) is 17.6. The van der Waals surface area contributed by atoms with Crippen molar-refractivity contribution >= 4 is 71.0 Å². The fourth-order valence-electron chi connectivity index (χ4n) is 12.8. The number of hydrogen-bond acceptors (Lipinski definition) is 20. The van der Waals surface area contributed by atoms with Crippen LogP contribution in [0.25, 0.3) is 0 Å². The molecule has 3 fully saturated rings. The molecule has 0 radical (unpaired) electrons. The number of anilines is 1. The number of primary amides is 1. The summed E-state index contributed by atoms with van der Waals surface area (Å²) in [6, 6.07) is 17.1. The van der Waals surface area contributed by atoms with Gasteiger partial charge in [-0.25, -0.2) is 19.2 Å². The van der Waals surface area contributed by atoms with Crippen LogP contribution < -0.4 is 27.0 Å². The van der Waals surface area contributed by atoms with Crippen molar-refractivity contribution in [3.8, 4) is 0 Å². The lowest BCUT2D eigenvalue weighted by Crippen LogP contribution is -2.80. The number of carbonyl (C=O) groups is 11. The number of alkyl carbamates (subject to hydrolysis) is 1. The quantitative estimate of drug-likeness (QED) is 0.0403. The molecule has 1 saturated heterocycles. The number of fused-ring (bicyclic) bond motifs is 5. The van der Waals surface area contributed by atoms with Crippen molar-refractivity contribution in [2.24, 2.45) is 34.3 Å². The third-order valence-corrected chi connectivity index (χ3v) is 17.6. The van der Waals surface area contributed by atoms with Crippen LogP contribution in [-0.4, -0.2) is 142 Å². The normalized spacial score (nSPS) is 26.5. The van der Waals surface area contributed by atoms with Gasteiger partial charge in [-0.05, 0) is 100 Å². The van der Waals surface area contributed by atoms with Crippen LogP contribution in [0.5, 0.6) is 0 Å². The SMILES string of the molecule is CC(=O)C[C@H](C)C(=O)N[C@H](C)C(=O)N[C@H](CC(N)=O)C(=O)Nc1ccc(COC(=O)O[C@@H](C(=O)O[C@H]2C[C@@]3(O)C(OC(=O)c4ccccc4)[C@H]4[C@](C)(C(=O)[C@H](O)C(=C2C)C3(C)C)[C@@H](C)CC2OC[C@]24OC(C)=O)[C@@H](NC(=O)OC(C)(C)C)c2ccccc2)cc1. The Kier molecular flexibility index (Phi) is 20.9. The van der Waals surface area contributed by atoms with Crippen molar-refractivity contribution in [3.05, 3.63) is 113 Å². The van der Waals surface area contributed by atoms with E-state index in [0.717, 1.165) is 0 Å². The molecular weight excluding hydrogens is 1170 g/mol. The largest absolute Gasteiger partial charge is 0.509 e. The minimum Gasteiger partial charge on any atom is -0.455 e. The van der Waals surface area contributed by atoms with Gasteiger partial charge in [-0.3, -0.25) is 28.8 Å². The minimum atomic E-state index is -2.42. The average molecular weight is 1250 g/mol. The molecule has 2 unspecified atom stereocenters. The number of nitrogens with two attached hydrogens (primary N) is 1. The molecule has 2 saturated carbocycles. The summed E-state index contributed by atoms with van der Waals surface area (Å²) in [5.41, 5.74) is -2.45. The zero-order valence-corrected chi connectivity index (χ0v) is 52.5. The first-order chi connectivity index (χ1) is 42.0. The van der Waals surface area contributed by atoms with Crippen LogP contribution in [0.15, 0.2) is 96.1 Å². The Morgan fingerprint density at radius 3 is 2.00 bits per heavy atom. The highest BCUT2D eigenvalue weighted by molar-refractivity contribution is 6.01.